The number of fused-ring (bicyclic) bond motifs is 1. The van der Waals surface area contributed by atoms with E-state index in [4.69, 9.17) is 13.9 Å². The number of amides is 1. The first kappa shape index (κ1) is 20.6. The summed E-state index contributed by atoms with van der Waals surface area (Å²) >= 11 is 0. The van der Waals surface area contributed by atoms with Crippen LogP contribution in [0.1, 0.15) is 34.6 Å². The molecule has 8 nitrogen and oxygen atoms in total. The van der Waals surface area contributed by atoms with E-state index in [1.54, 1.807) is 30.3 Å². The monoisotopic (exact) mass is 436 g/mol. The van der Waals surface area contributed by atoms with Crippen molar-refractivity contribution in [2.45, 2.75) is 24.7 Å². The van der Waals surface area contributed by atoms with Crippen LogP contribution in [-0.4, -0.2) is 36.1 Å². The van der Waals surface area contributed by atoms with Gasteiger partial charge in [0.2, 0.25) is 0 Å². The highest BCUT2D eigenvalue weighted by molar-refractivity contribution is 6.07. The highest BCUT2D eigenvalue weighted by atomic mass is 19.4. The predicted octanol–water partition coefficient (Wildman–Crippen LogP) is 4.41. The zero-order valence-corrected chi connectivity index (χ0v) is 16.6. The summed E-state index contributed by atoms with van der Waals surface area (Å²) in [7, 11) is 2.93. The predicted molar refractivity (Wildman–Crippen MR) is 105 cm³/mol. The highest BCUT2D eigenvalue weighted by Gasteiger charge is 2.47. The van der Waals surface area contributed by atoms with Crippen LogP contribution in [0, 0.1) is 0 Å². The first-order valence-electron chi connectivity index (χ1n) is 9.29. The van der Waals surface area contributed by atoms with Crippen LogP contribution < -0.4 is 20.1 Å². The third kappa shape index (κ3) is 3.90. The number of benzene rings is 1. The molecule has 4 rings (SSSR count). The fraction of sp³-hybridized carbons (Fsp3) is 0.300. The van der Waals surface area contributed by atoms with Gasteiger partial charge in [-0.15, -0.1) is 0 Å². The number of furan rings is 1. The minimum atomic E-state index is -4.55. The lowest BCUT2D eigenvalue weighted by molar-refractivity contribution is -0.174. The quantitative estimate of drug-likeness (QED) is 0.616. The SMILES string of the molecule is COc1ccc(NC(=O)c2cnn3c2N[C@H](c2ccco2)C[C@@H]3C(F)(F)F)cc1OC. The average molecular weight is 436 g/mol. The maximum atomic E-state index is 13.7. The van der Waals surface area contributed by atoms with Crippen LogP contribution in [0.15, 0.2) is 47.2 Å². The zero-order valence-electron chi connectivity index (χ0n) is 16.6. The minimum absolute atomic E-state index is 0.0275. The van der Waals surface area contributed by atoms with E-state index in [1.165, 1.54) is 20.5 Å². The summed E-state index contributed by atoms with van der Waals surface area (Å²) in [6.07, 6.45) is -2.37. The molecular weight excluding hydrogens is 417 g/mol. The summed E-state index contributed by atoms with van der Waals surface area (Å²) in [5, 5.41) is 9.45. The Hall–Kier alpha value is -3.63. The van der Waals surface area contributed by atoms with Gasteiger partial charge in [0.25, 0.3) is 5.91 Å². The van der Waals surface area contributed by atoms with Gasteiger partial charge in [-0.25, -0.2) is 4.68 Å². The number of anilines is 2. The van der Waals surface area contributed by atoms with Crippen molar-refractivity contribution >= 4 is 17.4 Å². The molecule has 0 aliphatic carbocycles. The van der Waals surface area contributed by atoms with Gasteiger partial charge in [0.05, 0.1) is 32.7 Å². The van der Waals surface area contributed by atoms with E-state index in [2.05, 4.69) is 15.7 Å². The Balaban J connectivity index is 1.65. The Labute approximate surface area is 174 Å². The lowest BCUT2D eigenvalue weighted by Gasteiger charge is -2.32. The van der Waals surface area contributed by atoms with Crippen LogP contribution in [0.2, 0.25) is 0 Å². The van der Waals surface area contributed by atoms with Crippen molar-refractivity contribution in [1.29, 1.82) is 0 Å². The number of hydrogen-bond donors (Lipinski definition) is 2. The van der Waals surface area contributed by atoms with Crippen molar-refractivity contribution in [2.75, 3.05) is 24.9 Å². The van der Waals surface area contributed by atoms with Gasteiger partial charge < -0.3 is 24.5 Å². The molecule has 0 saturated carbocycles. The van der Waals surface area contributed by atoms with Crippen molar-refractivity contribution in [2.24, 2.45) is 0 Å². The molecule has 0 fully saturated rings. The molecule has 164 valence electrons. The lowest BCUT2D eigenvalue weighted by Crippen LogP contribution is -2.36. The number of hydrogen-bond acceptors (Lipinski definition) is 6. The normalized spacial score (nSPS) is 18.1. The number of methoxy groups -OCH3 is 2. The Morgan fingerprint density at radius 1 is 1.26 bits per heavy atom. The molecule has 11 heteroatoms. The van der Waals surface area contributed by atoms with Gasteiger partial charge in [-0.2, -0.15) is 18.3 Å². The van der Waals surface area contributed by atoms with E-state index >= 15 is 0 Å². The van der Waals surface area contributed by atoms with Gasteiger partial charge in [-0.3, -0.25) is 4.79 Å². The van der Waals surface area contributed by atoms with Gasteiger partial charge in [-0.1, -0.05) is 0 Å². The molecule has 1 aliphatic heterocycles. The first-order valence-corrected chi connectivity index (χ1v) is 9.29. The van der Waals surface area contributed by atoms with Crippen LogP contribution in [0.25, 0.3) is 0 Å². The van der Waals surface area contributed by atoms with E-state index in [0.717, 1.165) is 10.9 Å². The van der Waals surface area contributed by atoms with Gasteiger partial charge in [0.1, 0.15) is 17.1 Å². The molecule has 2 N–H and O–H groups in total. The second-order valence-electron chi connectivity index (χ2n) is 6.88. The third-order valence-electron chi connectivity index (χ3n) is 5.01. The van der Waals surface area contributed by atoms with Crippen LogP contribution >= 0.6 is 0 Å². The molecule has 0 spiro atoms. The molecular formula is C20H19F3N4O4. The molecule has 1 aliphatic rings. The van der Waals surface area contributed by atoms with Gasteiger partial charge >= 0.3 is 6.18 Å². The Morgan fingerprint density at radius 2 is 2.03 bits per heavy atom. The van der Waals surface area contributed by atoms with E-state index < -0.39 is 24.2 Å². The first-order chi connectivity index (χ1) is 14.8. The van der Waals surface area contributed by atoms with Crippen LogP contribution in [0.4, 0.5) is 24.7 Å². The number of ether oxygens (including phenoxy) is 2. The summed E-state index contributed by atoms with van der Waals surface area (Å²) in [4.78, 5) is 12.9. The smallest absolute Gasteiger partial charge is 0.410 e. The average Bonchev–Trinajstić information content (AvgIpc) is 3.42. The number of nitrogens with one attached hydrogen (secondary N) is 2. The summed E-state index contributed by atoms with van der Waals surface area (Å²) < 4.78 is 57.5. The summed E-state index contributed by atoms with van der Waals surface area (Å²) in [5.74, 6) is 0.549. The fourth-order valence-corrected chi connectivity index (χ4v) is 3.52. The number of carbonyl (C=O) groups excluding carboxylic acids is 1. The van der Waals surface area contributed by atoms with Crippen molar-refractivity contribution in [3.8, 4) is 11.5 Å². The topological polar surface area (TPSA) is 90.5 Å². The third-order valence-corrected chi connectivity index (χ3v) is 5.01. The molecule has 0 unspecified atom stereocenters. The van der Waals surface area contributed by atoms with Crippen LogP contribution in [0.3, 0.4) is 0 Å². The summed E-state index contributed by atoms with van der Waals surface area (Å²) in [5.41, 5.74) is 0.355. The second-order valence-corrected chi connectivity index (χ2v) is 6.88. The molecule has 1 aromatic carbocycles. The number of alkyl halides is 3. The largest absolute Gasteiger partial charge is 0.493 e. The Bertz CT molecular complexity index is 1080. The van der Waals surface area contributed by atoms with Gasteiger partial charge in [0, 0.05) is 18.2 Å². The van der Waals surface area contributed by atoms with Gasteiger partial charge in [0.15, 0.2) is 17.5 Å². The molecule has 1 amide bonds. The van der Waals surface area contributed by atoms with Crippen molar-refractivity contribution < 1.29 is 31.9 Å². The van der Waals surface area contributed by atoms with Crippen LogP contribution in [-0.2, 0) is 0 Å². The van der Waals surface area contributed by atoms with E-state index in [-0.39, 0.29) is 17.8 Å². The minimum Gasteiger partial charge on any atom is -0.493 e. The Kier molecular flexibility index (Phi) is 5.25. The zero-order chi connectivity index (χ0) is 22.2. The molecule has 3 aromatic rings. The number of rotatable bonds is 5. The molecule has 31 heavy (non-hydrogen) atoms. The van der Waals surface area contributed by atoms with Crippen LogP contribution in [0.5, 0.6) is 11.5 Å². The number of carbonyl (C=O) groups is 1. The maximum absolute atomic E-state index is 13.7. The number of halogens is 3. The van der Waals surface area contributed by atoms with Crippen molar-refractivity contribution in [1.82, 2.24) is 9.78 Å². The lowest BCUT2D eigenvalue weighted by atomic mass is 10.0. The maximum Gasteiger partial charge on any atom is 0.410 e. The summed E-state index contributed by atoms with van der Waals surface area (Å²) in [6.45, 7) is 0. The van der Waals surface area contributed by atoms with E-state index in [9.17, 15) is 18.0 Å². The molecule has 3 heterocycles. The number of nitrogens with zero attached hydrogens (tertiary/aromatic N) is 2. The molecule has 0 bridgehead atoms. The van der Waals surface area contributed by atoms with Crippen molar-refractivity contribution in [3.05, 3.63) is 54.1 Å². The highest BCUT2D eigenvalue weighted by Crippen LogP contribution is 2.44. The second kappa shape index (κ2) is 7.89. The van der Waals surface area contributed by atoms with Gasteiger partial charge in [-0.05, 0) is 24.3 Å². The molecule has 2 aromatic heterocycles. The molecule has 0 saturated heterocycles. The summed E-state index contributed by atoms with van der Waals surface area (Å²) in [6, 6.07) is 5.25. The van der Waals surface area contributed by atoms with Crippen molar-refractivity contribution in [3.63, 3.8) is 0 Å². The standard InChI is InChI=1S/C20H19F3N4O4/c1-29-15-6-5-11(8-16(15)30-2)25-19(28)12-10-24-27-17(20(21,22)23)9-13(26-18(12)27)14-4-3-7-31-14/h3-8,10,13,17,26H,9H2,1-2H3,(H,25,28)/t13-,17+/m0/s1. The molecule has 0 radical (unpaired) electrons. The number of aromatic nitrogens is 2. The van der Waals surface area contributed by atoms with E-state index in [0.29, 0.717) is 22.9 Å². The Morgan fingerprint density at radius 3 is 2.68 bits per heavy atom. The fourth-order valence-electron chi connectivity index (χ4n) is 3.52. The molecule has 2 atom stereocenters. The van der Waals surface area contributed by atoms with E-state index in [1.807, 2.05) is 0 Å².